The van der Waals surface area contributed by atoms with Crippen molar-refractivity contribution in [2.24, 2.45) is 0 Å². The highest BCUT2D eigenvalue weighted by Crippen LogP contribution is 2.32. The lowest BCUT2D eigenvalue weighted by Gasteiger charge is -2.28. The van der Waals surface area contributed by atoms with Crippen molar-refractivity contribution in [3.8, 4) is 17.1 Å². The van der Waals surface area contributed by atoms with Crippen molar-refractivity contribution in [2.45, 2.75) is 19.2 Å². The van der Waals surface area contributed by atoms with Crippen molar-refractivity contribution in [1.29, 1.82) is 0 Å². The highest BCUT2D eigenvalue weighted by molar-refractivity contribution is 5.98. The maximum Gasteiger partial charge on any atom is 0.416 e. The van der Waals surface area contributed by atoms with E-state index in [1.807, 2.05) is 0 Å². The van der Waals surface area contributed by atoms with Crippen LogP contribution in [0.5, 0.6) is 5.75 Å². The first-order valence-corrected chi connectivity index (χ1v) is 9.49. The summed E-state index contributed by atoms with van der Waals surface area (Å²) in [6, 6.07) is 11.5. The summed E-state index contributed by atoms with van der Waals surface area (Å²) in [4.78, 5) is 29.6. The average molecular weight is 447 g/mol. The van der Waals surface area contributed by atoms with Crippen LogP contribution in [0.15, 0.2) is 53.1 Å². The number of amides is 1. The monoisotopic (exact) mass is 447 g/mol. The third kappa shape index (κ3) is 4.71. The van der Waals surface area contributed by atoms with Crippen LogP contribution in [-0.4, -0.2) is 35.2 Å². The van der Waals surface area contributed by atoms with Gasteiger partial charge in [0.05, 0.1) is 17.7 Å². The van der Waals surface area contributed by atoms with E-state index in [1.54, 1.807) is 24.3 Å². The number of aromatic nitrogens is 2. The molecule has 2 aromatic carbocycles. The largest absolute Gasteiger partial charge is 0.482 e. The molecule has 8 nitrogen and oxygen atoms in total. The third-order valence-corrected chi connectivity index (χ3v) is 4.62. The van der Waals surface area contributed by atoms with Gasteiger partial charge < -0.3 is 18.9 Å². The number of benzene rings is 2. The number of hydrogen-bond acceptors (Lipinski definition) is 7. The van der Waals surface area contributed by atoms with Crippen molar-refractivity contribution >= 4 is 17.6 Å². The van der Waals surface area contributed by atoms with Gasteiger partial charge in [-0.1, -0.05) is 29.4 Å². The molecule has 0 atom stereocenters. The van der Waals surface area contributed by atoms with Crippen LogP contribution in [0, 0.1) is 0 Å². The standard InChI is InChI=1S/C21H16F3N3O5/c22-21(23,24)14-5-3-4-13(10-14)20-25-17(32-26-20)11-31-19(29)8-9-27-15-6-1-2-7-16(15)30-12-18(27)28/h1-7,10H,8-9,11-12H2. The molecule has 0 aliphatic carbocycles. The minimum Gasteiger partial charge on any atom is -0.482 e. The first-order valence-electron chi connectivity index (χ1n) is 9.49. The Bertz CT molecular complexity index is 1150. The van der Waals surface area contributed by atoms with Crippen LogP contribution in [0.1, 0.15) is 17.9 Å². The predicted molar refractivity (Wildman–Crippen MR) is 103 cm³/mol. The molecule has 166 valence electrons. The maximum absolute atomic E-state index is 12.9. The van der Waals surface area contributed by atoms with Gasteiger partial charge in [0, 0.05) is 12.1 Å². The average Bonchev–Trinajstić information content (AvgIpc) is 3.26. The first-order chi connectivity index (χ1) is 15.3. The number of rotatable bonds is 6. The molecular formula is C21H16F3N3O5. The second-order valence-corrected chi connectivity index (χ2v) is 6.80. The summed E-state index contributed by atoms with van der Waals surface area (Å²) in [5.74, 6) is -0.468. The molecule has 0 bridgehead atoms. The molecule has 11 heteroatoms. The molecule has 0 saturated heterocycles. The molecule has 3 aromatic rings. The number of para-hydroxylation sites is 2. The summed E-state index contributed by atoms with van der Waals surface area (Å²) in [6.07, 6.45) is -4.59. The smallest absolute Gasteiger partial charge is 0.416 e. The topological polar surface area (TPSA) is 94.8 Å². The number of anilines is 1. The zero-order chi connectivity index (χ0) is 22.7. The number of esters is 1. The number of alkyl halides is 3. The Kier molecular flexibility index (Phi) is 5.80. The van der Waals surface area contributed by atoms with Crippen molar-refractivity contribution in [3.05, 3.63) is 60.0 Å². The van der Waals surface area contributed by atoms with E-state index in [4.69, 9.17) is 14.0 Å². The Labute approximate surface area is 179 Å². The fourth-order valence-electron chi connectivity index (χ4n) is 3.08. The molecule has 1 aliphatic heterocycles. The number of carbonyl (C=O) groups is 2. The number of halogens is 3. The molecule has 0 saturated carbocycles. The molecule has 0 fully saturated rings. The molecular weight excluding hydrogens is 431 g/mol. The molecule has 0 spiro atoms. The molecule has 1 amide bonds. The Morgan fingerprint density at radius 1 is 1.16 bits per heavy atom. The quantitative estimate of drug-likeness (QED) is 0.533. The van der Waals surface area contributed by atoms with Crippen LogP contribution in [0.4, 0.5) is 18.9 Å². The first kappa shape index (κ1) is 21.3. The molecule has 1 aromatic heterocycles. The summed E-state index contributed by atoms with van der Waals surface area (Å²) >= 11 is 0. The van der Waals surface area contributed by atoms with Gasteiger partial charge in [0.2, 0.25) is 5.82 Å². The van der Waals surface area contributed by atoms with E-state index in [0.29, 0.717) is 11.4 Å². The minimum atomic E-state index is -4.50. The number of carbonyl (C=O) groups excluding carboxylic acids is 2. The van der Waals surface area contributed by atoms with Crippen molar-refractivity contribution in [1.82, 2.24) is 10.1 Å². The highest BCUT2D eigenvalue weighted by Gasteiger charge is 2.31. The zero-order valence-corrected chi connectivity index (χ0v) is 16.5. The van der Waals surface area contributed by atoms with E-state index in [2.05, 4.69) is 10.1 Å². The minimum absolute atomic E-state index is 0.0577. The summed E-state index contributed by atoms with van der Waals surface area (Å²) in [5.41, 5.74) is -0.156. The summed E-state index contributed by atoms with van der Waals surface area (Å²) in [6.45, 7) is -0.373. The van der Waals surface area contributed by atoms with Crippen LogP contribution in [0.25, 0.3) is 11.4 Å². The van der Waals surface area contributed by atoms with E-state index in [-0.39, 0.29) is 49.4 Å². The lowest BCUT2D eigenvalue weighted by atomic mass is 10.1. The molecule has 1 aliphatic rings. The van der Waals surface area contributed by atoms with E-state index in [1.165, 1.54) is 17.0 Å². The predicted octanol–water partition coefficient (Wildman–Crippen LogP) is 3.61. The number of nitrogens with zero attached hydrogens (tertiary/aromatic N) is 3. The van der Waals surface area contributed by atoms with Gasteiger partial charge in [-0.2, -0.15) is 18.2 Å². The summed E-state index contributed by atoms with van der Waals surface area (Å²) in [7, 11) is 0. The molecule has 0 radical (unpaired) electrons. The molecule has 2 heterocycles. The van der Waals surface area contributed by atoms with E-state index >= 15 is 0 Å². The Balaban J connectivity index is 1.33. The second kappa shape index (κ2) is 8.69. The lowest BCUT2D eigenvalue weighted by Crippen LogP contribution is -2.40. The normalized spacial score (nSPS) is 13.5. The number of hydrogen-bond donors (Lipinski definition) is 0. The highest BCUT2D eigenvalue weighted by atomic mass is 19.4. The molecule has 32 heavy (non-hydrogen) atoms. The van der Waals surface area contributed by atoms with Crippen molar-refractivity contribution in [3.63, 3.8) is 0 Å². The van der Waals surface area contributed by atoms with Gasteiger partial charge >= 0.3 is 12.1 Å². The molecule has 0 N–H and O–H groups in total. The number of fused-ring (bicyclic) bond motifs is 1. The molecule has 0 unspecified atom stereocenters. The van der Waals surface area contributed by atoms with Crippen LogP contribution in [-0.2, 0) is 27.1 Å². The van der Waals surface area contributed by atoms with Gasteiger partial charge in [0.25, 0.3) is 11.8 Å². The van der Waals surface area contributed by atoms with Crippen LogP contribution < -0.4 is 9.64 Å². The van der Waals surface area contributed by atoms with E-state index in [9.17, 15) is 22.8 Å². The fourth-order valence-corrected chi connectivity index (χ4v) is 3.08. The van der Waals surface area contributed by atoms with Gasteiger partial charge in [0.1, 0.15) is 5.75 Å². The van der Waals surface area contributed by atoms with E-state index in [0.717, 1.165) is 12.1 Å². The van der Waals surface area contributed by atoms with Gasteiger partial charge in [-0.05, 0) is 24.3 Å². The van der Waals surface area contributed by atoms with E-state index < -0.39 is 17.7 Å². The van der Waals surface area contributed by atoms with Gasteiger partial charge in [-0.15, -0.1) is 0 Å². The Hall–Kier alpha value is -3.89. The molecule has 4 rings (SSSR count). The van der Waals surface area contributed by atoms with Crippen LogP contribution in [0.2, 0.25) is 0 Å². The van der Waals surface area contributed by atoms with Gasteiger partial charge in [0.15, 0.2) is 13.2 Å². The van der Waals surface area contributed by atoms with Crippen LogP contribution >= 0.6 is 0 Å². The second-order valence-electron chi connectivity index (χ2n) is 6.80. The Morgan fingerprint density at radius 3 is 2.78 bits per heavy atom. The lowest BCUT2D eigenvalue weighted by molar-refractivity contribution is -0.145. The SMILES string of the molecule is O=C(CCN1C(=O)COc2ccccc21)OCc1nc(-c2cccc(C(F)(F)F)c2)no1. The van der Waals surface area contributed by atoms with Gasteiger partial charge in [-0.25, -0.2) is 0 Å². The Morgan fingerprint density at radius 2 is 1.97 bits per heavy atom. The van der Waals surface area contributed by atoms with Gasteiger partial charge in [-0.3, -0.25) is 9.59 Å². The summed E-state index contributed by atoms with van der Waals surface area (Å²) in [5, 5.41) is 3.63. The van der Waals surface area contributed by atoms with Crippen LogP contribution in [0.3, 0.4) is 0 Å². The van der Waals surface area contributed by atoms with Crippen molar-refractivity contribution in [2.75, 3.05) is 18.1 Å². The summed E-state index contributed by atoms with van der Waals surface area (Å²) < 4.78 is 54.0. The maximum atomic E-state index is 12.9. The fraction of sp³-hybridized carbons (Fsp3) is 0.238. The third-order valence-electron chi connectivity index (χ3n) is 4.62. The zero-order valence-electron chi connectivity index (χ0n) is 16.5. The van der Waals surface area contributed by atoms with Crippen molar-refractivity contribution < 1.29 is 36.8 Å². The number of ether oxygens (including phenoxy) is 2.